The highest BCUT2D eigenvalue weighted by Crippen LogP contribution is 2.19. The van der Waals surface area contributed by atoms with Gasteiger partial charge in [0.05, 0.1) is 11.7 Å². The van der Waals surface area contributed by atoms with Crippen LogP contribution in [0.5, 0.6) is 5.75 Å². The van der Waals surface area contributed by atoms with Gasteiger partial charge in [0, 0.05) is 13.1 Å². The Morgan fingerprint density at radius 1 is 1.28 bits per heavy atom. The van der Waals surface area contributed by atoms with Crippen molar-refractivity contribution in [1.82, 2.24) is 10.2 Å². The number of nitrogens with zero attached hydrogens (tertiary/aromatic N) is 1. The Labute approximate surface area is 170 Å². The number of para-hydroxylation sites is 1. The molecule has 1 saturated heterocycles. The second-order valence-electron chi connectivity index (χ2n) is 7.35. The van der Waals surface area contributed by atoms with Crippen molar-refractivity contribution in [2.24, 2.45) is 5.73 Å². The third-order valence-corrected chi connectivity index (χ3v) is 5.06. The van der Waals surface area contributed by atoms with Gasteiger partial charge in [-0.3, -0.25) is 15.0 Å². The zero-order chi connectivity index (χ0) is 20.6. The molecule has 2 aromatic carbocycles. The zero-order valence-corrected chi connectivity index (χ0v) is 16.4. The van der Waals surface area contributed by atoms with Crippen LogP contribution in [0.4, 0.5) is 4.39 Å². The normalized spacial score (nSPS) is 18.3. The standard InChI is InChI=1S/C22H28FN3O3/c23-17-7-5-6-16(12-17)14-26-11-4-3-10-21(26)25-13-18(27)15-29-20-9-2-1-8-19(20)22(24)28/h1-2,5-9,12,18,21,25,27H,3-4,10-11,13-15H2,(H2,24,28). The van der Waals surface area contributed by atoms with Gasteiger partial charge < -0.3 is 15.6 Å². The Hall–Kier alpha value is -2.48. The number of aliphatic hydroxyl groups excluding tert-OH is 1. The van der Waals surface area contributed by atoms with Crippen LogP contribution in [0.15, 0.2) is 48.5 Å². The Bertz CT molecular complexity index is 817. The van der Waals surface area contributed by atoms with Crippen LogP contribution in [0.25, 0.3) is 0 Å². The lowest BCUT2D eigenvalue weighted by Crippen LogP contribution is -2.50. The summed E-state index contributed by atoms with van der Waals surface area (Å²) in [6.45, 7) is 1.98. The van der Waals surface area contributed by atoms with Crippen molar-refractivity contribution in [3.63, 3.8) is 0 Å². The molecular weight excluding hydrogens is 373 g/mol. The molecule has 156 valence electrons. The highest BCUT2D eigenvalue weighted by atomic mass is 19.1. The van der Waals surface area contributed by atoms with Gasteiger partial charge in [0.2, 0.25) is 0 Å². The number of carbonyl (C=O) groups excluding carboxylic acids is 1. The SMILES string of the molecule is NC(=O)c1ccccc1OCC(O)CNC1CCCCN1Cc1cccc(F)c1. The first-order valence-corrected chi connectivity index (χ1v) is 9.94. The predicted octanol–water partition coefficient (Wildman–Crippen LogP) is 2.27. The smallest absolute Gasteiger partial charge is 0.252 e. The summed E-state index contributed by atoms with van der Waals surface area (Å²) in [7, 11) is 0. The summed E-state index contributed by atoms with van der Waals surface area (Å²) in [5.41, 5.74) is 6.57. The van der Waals surface area contributed by atoms with Crippen molar-refractivity contribution in [2.45, 2.75) is 38.1 Å². The number of nitrogens with two attached hydrogens (primary N) is 1. The summed E-state index contributed by atoms with van der Waals surface area (Å²) < 4.78 is 19.1. The lowest BCUT2D eigenvalue weighted by atomic mass is 10.1. The summed E-state index contributed by atoms with van der Waals surface area (Å²) in [6, 6.07) is 13.4. The number of benzene rings is 2. The molecule has 0 aliphatic carbocycles. The maximum atomic E-state index is 13.5. The van der Waals surface area contributed by atoms with Gasteiger partial charge >= 0.3 is 0 Å². The molecule has 0 bridgehead atoms. The molecule has 3 rings (SSSR count). The van der Waals surface area contributed by atoms with Crippen LogP contribution in [0.3, 0.4) is 0 Å². The number of primary amides is 1. The van der Waals surface area contributed by atoms with Crippen LogP contribution in [0.1, 0.15) is 35.2 Å². The number of hydrogen-bond donors (Lipinski definition) is 3. The number of rotatable bonds is 9. The molecule has 0 spiro atoms. The summed E-state index contributed by atoms with van der Waals surface area (Å²) in [5, 5.41) is 13.7. The van der Waals surface area contributed by atoms with E-state index < -0.39 is 12.0 Å². The predicted molar refractivity (Wildman–Crippen MR) is 109 cm³/mol. The van der Waals surface area contributed by atoms with Gasteiger partial charge in [-0.05, 0) is 55.6 Å². The number of likely N-dealkylation sites (tertiary alicyclic amines) is 1. The fraction of sp³-hybridized carbons (Fsp3) is 0.409. The molecule has 2 unspecified atom stereocenters. The van der Waals surface area contributed by atoms with Gasteiger partial charge in [0.1, 0.15) is 24.3 Å². The van der Waals surface area contributed by atoms with Crippen molar-refractivity contribution < 1.29 is 19.0 Å². The van der Waals surface area contributed by atoms with E-state index in [0.29, 0.717) is 24.4 Å². The van der Waals surface area contributed by atoms with Crippen LogP contribution in [-0.2, 0) is 6.54 Å². The maximum absolute atomic E-state index is 13.5. The largest absolute Gasteiger partial charge is 0.490 e. The second-order valence-corrected chi connectivity index (χ2v) is 7.35. The average molecular weight is 401 g/mol. The first kappa shape index (κ1) is 21.2. The Balaban J connectivity index is 1.50. The van der Waals surface area contributed by atoms with E-state index >= 15 is 0 Å². The molecule has 0 saturated carbocycles. The van der Waals surface area contributed by atoms with Crippen molar-refractivity contribution in [3.8, 4) is 5.75 Å². The van der Waals surface area contributed by atoms with Crippen LogP contribution in [0, 0.1) is 5.82 Å². The first-order chi connectivity index (χ1) is 14.0. The van der Waals surface area contributed by atoms with Gasteiger partial charge in [-0.2, -0.15) is 0 Å². The molecule has 0 aromatic heterocycles. The molecule has 29 heavy (non-hydrogen) atoms. The van der Waals surface area contributed by atoms with Crippen LogP contribution in [-0.4, -0.2) is 47.9 Å². The third kappa shape index (κ3) is 6.25. The van der Waals surface area contributed by atoms with E-state index in [1.54, 1.807) is 36.4 Å². The quantitative estimate of drug-likeness (QED) is 0.600. The molecule has 0 radical (unpaired) electrons. The Morgan fingerprint density at radius 3 is 2.90 bits per heavy atom. The molecular formula is C22H28FN3O3. The highest BCUT2D eigenvalue weighted by Gasteiger charge is 2.23. The minimum atomic E-state index is -0.742. The van der Waals surface area contributed by atoms with E-state index in [1.165, 1.54) is 6.07 Å². The molecule has 1 aliphatic rings. The monoisotopic (exact) mass is 401 g/mol. The first-order valence-electron chi connectivity index (χ1n) is 9.94. The van der Waals surface area contributed by atoms with E-state index in [9.17, 15) is 14.3 Å². The number of ether oxygens (including phenoxy) is 1. The number of nitrogens with one attached hydrogen (secondary N) is 1. The number of aliphatic hydroxyl groups is 1. The van der Waals surface area contributed by atoms with Gasteiger partial charge in [-0.25, -0.2) is 4.39 Å². The highest BCUT2D eigenvalue weighted by molar-refractivity contribution is 5.95. The topological polar surface area (TPSA) is 87.8 Å². The van der Waals surface area contributed by atoms with E-state index in [0.717, 1.165) is 31.4 Å². The number of hydrogen-bond acceptors (Lipinski definition) is 5. The van der Waals surface area contributed by atoms with E-state index in [4.69, 9.17) is 10.5 Å². The summed E-state index contributed by atoms with van der Waals surface area (Å²) in [4.78, 5) is 13.7. The number of carbonyl (C=O) groups is 1. The Kier molecular flexibility index (Phi) is 7.57. The summed E-state index contributed by atoms with van der Waals surface area (Å²) in [6.07, 6.45) is 2.54. The van der Waals surface area contributed by atoms with Crippen molar-refractivity contribution in [1.29, 1.82) is 0 Å². The molecule has 6 nitrogen and oxygen atoms in total. The fourth-order valence-electron chi connectivity index (χ4n) is 3.59. The number of halogens is 1. The second kappa shape index (κ2) is 10.3. The number of amides is 1. The molecule has 2 atom stereocenters. The molecule has 1 aliphatic heterocycles. The number of piperidine rings is 1. The van der Waals surface area contributed by atoms with E-state index in [-0.39, 0.29) is 18.6 Å². The van der Waals surface area contributed by atoms with E-state index in [1.807, 2.05) is 6.07 Å². The molecule has 2 aromatic rings. The van der Waals surface area contributed by atoms with Crippen molar-refractivity contribution >= 4 is 5.91 Å². The molecule has 1 fully saturated rings. The minimum absolute atomic E-state index is 0.0495. The molecule has 4 N–H and O–H groups in total. The zero-order valence-electron chi connectivity index (χ0n) is 16.4. The lowest BCUT2D eigenvalue weighted by Gasteiger charge is -2.36. The Morgan fingerprint density at radius 2 is 2.10 bits per heavy atom. The van der Waals surface area contributed by atoms with Gasteiger partial charge in [0.25, 0.3) is 5.91 Å². The van der Waals surface area contributed by atoms with Gasteiger partial charge in [0.15, 0.2) is 0 Å². The molecule has 1 heterocycles. The fourth-order valence-corrected chi connectivity index (χ4v) is 3.59. The van der Waals surface area contributed by atoms with Gasteiger partial charge in [-0.15, -0.1) is 0 Å². The maximum Gasteiger partial charge on any atom is 0.252 e. The van der Waals surface area contributed by atoms with Gasteiger partial charge in [-0.1, -0.05) is 24.3 Å². The molecule has 7 heteroatoms. The van der Waals surface area contributed by atoms with E-state index in [2.05, 4.69) is 10.2 Å². The minimum Gasteiger partial charge on any atom is -0.490 e. The van der Waals surface area contributed by atoms with Crippen molar-refractivity contribution in [2.75, 3.05) is 19.7 Å². The van der Waals surface area contributed by atoms with Crippen LogP contribution < -0.4 is 15.8 Å². The third-order valence-electron chi connectivity index (χ3n) is 5.06. The lowest BCUT2D eigenvalue weighted by molar-refractivity contribution is 0.0699. The average Bonchev–Trinajstić information content (AvgIpc) is 2.72. The van der Waals surface area contributed by atoms with Crippen molar-refractivity contribution in [3.05, 3.63) is 65.5 Å². The van der Waals surface area contributed by atoms with Crippen LogP contribution in [0.2, 0.25) is 0 Å². The van der Waals surface area contributed by atoms with Crippen LogP contribution >= 0.6 is 0 Å². The summed E-state index contributed by atoms with van der Waals surface area (Å²) in [5.74, 6) is -0.430. The molecule has 1 amide bonds. The summed E-state index contributed by atoms with van der Waals surface area (Å²) >= 11 is 0.